The third-order valence-corrected chi connectivity index (χ3v) is 5.92. The minimum atomic E-state index is 0.223. The minimum absolute atomic E-state index is 0.223. The number of amides is 1. The first-order chi connectivity index (χ1) is 12.3. The van der Waals surface area contributed by atoms with Crippen molar-refractivity contribution in [1.29, 1.82) is 0 Å². The maximum atomic E-state index is 12.8. The van der Waals surface area contributed by atoms with E-state index in [1.807, 2.05) is 34.9 Å². The highest BCUT2D eigenvalue weighted by Gasteiger charge is 2.25. The van der Waals surface area contributed by atoms with Gasteiger partial charge in [-0.1, -0.05) is 30.3 Å². The maximum Gasteiger partial charge on any atom is 0.241 e. The fourth-order valence-electron chi connectivity index (χ4n) is 3.51. The zero-order valence-electron chi connectivity index (χ0n) is 14.3. The lowest BCUT2D eigenvalue weighted by Crippen LogP contribution is -2.50. The Kier molecular flexibility index (Phi) is 4.95. The SMILES string of the molecule is O=C(CN1CCN(c2ccccc2)CC1)N1CCSc2ccccc21. The average molecular weight is 353 g/mol. The lowest BCUT2D eigenvalue weighted by atomic mass is 10.2. The van der Waals surface area contributed by atoms with Gasteiger partial charge in [0.1, 0.15) is 0 Å². The van der Waals surface area contributed by atoms with Crippen LogP contribution in [0.5, 0.6) is 0 Å². The van der Waals surface area contributed by atoms with Crippen molar-refractivity contribution in [3.05, 3.63) is 54.6 Å². The molecule has 25 heavy (non-hydrogen) atoms. The van der Waals surface area contributed by atoms with Crippen molar-refractivity contribution in [3.8, 4) is 0 Å². The molecule has 0 radical (unpaired) electrons. The molecule has 2 aliphatic heterocycles. The van der Waals surface area contributed by atoms with Crippen LogP contribution < -0.4 is 9.80 Å². The predicted octanol–water partition coefficient (Wildman–Crippen LogP) is 2.95. The van der Waals surface area contributed by atoms with Crippen LogP contribution >= 0.6 is 11.8 Å². The number of benzene rings is 2. The molecule has 130 valence electrons. The smallest absolute Gasteiger partial charge is 0.241 e. The Morgan fingerprint density at radius 2 is 1.60 bits per heavy atom. The summed E-state index contributed by atoms with van der Waals surface area (Å²) in [5, 5.41) is 0. The molecule has 0 saturated carbocycles. The molecule has 5 heteroatoms. The lowest BCUT2D eigenvalue weighted by Gasteiger charge is -2.37. The minimum Gasteiger partial charge on any atom is -0.369 e. The van der Waals surface area contributed by atoms with Crippen molar-refractivity contribution >= 4 is 29.0 Å². The molecule has 1 amide bonds. The quantitative estimate of drug-likeness (QED) is 0.848. The molecule has 2 aromatic rings. The third-order valence-electron chi connectivity index (χ3n) is 4.88. The summed E-state index contributed by atoms with van der Waals surface area (Å²) in [6.07, 6.45) is 0. The molecule has 1 fully saturated rings. The second kappa shape index (κ2) is 7.50. The van der Waals surface area contributed by atoms with Gasteiger partial charge < -0.3 is 9.80 Å². The summed E-state index contributed by atoms with van der Waals surface area (Å²) < 4.78 is 0. The lowest BCUT2D eigenvalue weighted by molar-refractivity contribution is -0.119. The fourth-order valence-corrected chi connectivity index (χ4v) is 4.50. The van der Waals surface area contributed by atoms with Gasteiger partial charge in [0.15, 0.2) is 0 Å². The Bertz CT molecular complexity index is 729. The van der Waals surface area contributed by atoms with Crippen molar-refractivity contribution in [2.24, 2.45) is 0 Å². The number of nitrogens with zero attached hydrogens (tertiary/aromatic N) is 3. The molecule has 1 saturated heterocycles. The first-order valence-electron chi connectivity index (χ1n) is 8.86. The fraction of sp³-hybridized carbons (Fsp3) is 0.350. The summed E-state index contributed by atoms with van der Waals surface area (Å²) in [6.45, 7) is 5.15. The molecule has 4 nitrogen and oxygen atoms in total. The van der Waals surface area contributed by atoms with Crippen LogP contribution in [0, 0.1) is 0 Å². The molecule has 4 rings (SSSR count). The van der Waals surface area contributed by atoms with E-state index >= 15 is 0 Å². The molecule has 2 aromatic carbocycles. The number of thioether (sulfide) groups is 1. The van der Waals surface area contributed by atoms with Crippen LogP contribution in [0.25, 0.3) is 0 Å². The van der Waals surface area contributed by atoms with E-state index < -0.39 is 0 Å². The van der Waals surface area contributed by atoms with Crippen LogP contribution in [0.1, 0.15) is 0 Å². The van der Waals surface area contributed by atoms with E-state index in [2.05, 4.69) is 46.2 Å². The summed E-state index contributed by atoms with van der Waals surface area (Å²) in [7, 11) is 0. The van der Waals surface area contributed by atoms with E-state index in [1.165, 1.54) is 10.6 Å². The zero-order valence-corrected chi connectivity index (χ0v) is 15.1. The molecule has 0 aromatic heterocycles. The third kappa shape index (κ3) is 3.67. The first-order valence-corrected chi connectivity index (χ1v) is 9.84. The van der Waals surface area contributed by atoms with Crippen LogP contribution in [0.2, 0.25) is 0 Å². The summed E-state index contributed by atoms with van der Waals surface area (Å²) in [4.78, 5) is 20.7. The number of para-hydroxylation sites is 2. The van der Waals surface area contributed by atoms with Gasteiger partial charge in [-0.05, 0) is 24.3 Å². The Labute approximate surface area is 153 Å². The highest BCUT2D eigenvalue weighted by atomic mass is 32.2. The molecule has 0 N–H and O–H groups in total. The summed E-state index contributed by atoms with van der Waals surface area (Å²) in [6, 6.07) is 18.8. The number of anilines is 2. The van der Waals surface area contributed by atoms with Gasteiger partial charge in [0.2, 0.25) is 5.91 Å². The highest BCUT2D eigenvalue weighted by Crippen LogP contribution is 2.34. The van der Waals surface area contributed by atoms with Crippen LogP contribution in [0.15, 0.2) is 59.5 Å². The van der Waals surface area contributed by atoms with Crippen molar-refractivity contribution in [2.75, 3.05) is 54.8 Å². The second-order valence-electron chi connectivity index (χ2n) is 6.46. The largest absolute Gasteiger partial charge is 0.369 e. The maximum absolute atomic E-state index is 12.8. The van der Waals surface area contributed by atoms with E-state index in [0.29, 0.717) is 6.54 Å². The Hall–Kier alpha value is -1.98. The number of carbonyl (C=O) groups is 1. The number of rotatable bonds is 3. The van der Waals surface area contributed by atoms with Crippen molar-refractivity contribution in [3.63, 3.8) is 0 Å². The van der Waals surface area contributed by atoms with Crippen molar-refractivity contribution < 1.29 is 4.79 Å². The number of piperazine rings is 1. The molecule has 0 spiro atoms. The van der Waals surface area contributed by atoms with Gasteiger partial charge in [0, 0.05) is 49.1 Å². The van der Waals surface area contributed by atoms with Gasteiger partial charge in [-0.3, -0.25) is 9.69 Å². The van der Waals surface area contributed by atoms with Gasteiger partial charge in [0.05, 0.1) is 12.2 Å². The van der Waals surface area contributed by atoms with E-state index in [9.17, 15) is 4.79 Å². The molecule has 0 unspecified atom stereocenters. The van der Waals surface area contributed by atoms with Crippen LogP contribution in [0.4, 0.5) is 11.4 Å². The van der Waals surface area contributed by atoms with Crippen molar-refractivity contribution in [2.45, 2.75) is 4.90 Å². The molecular formula is C20H23N3OS. The second-order valence-corrected chi connectivity index (χ2v) is 7.60. The molecule has 0 bridgehead atoms. The van der Waals surface area contributed by atoms with E-state index in [-0.39, 0.29) is 5.91 Å². The molecule has 0 aliphatic carbocycles. The van der Waals surface area contributed by atoms with Crippen LogP contribution in [-0.4, -0.2) is 55.8 Å². The van der Waals surface area contributed by atoms with Crippen molar-refractivity contribution in [1.82, 2.24) is 4.90 Å². The number of carbonyl (C=O) groups excluding carboxylic acids is 1. The summed E-state index contributed by atoms with van der Waals surface area (Å²) in [5.41, 5.74) is 2.35. The molecular weight excluding hydrogens is 330 g/mol. The predicted molar refractivity (Wildman–Crippen MR) is 105 cm³/mol. The first kappa shape index (κ1) is 16.5. The standard InChI is InChI=1S/C20H23N3OS/c24-20(23-14-15-25-19-9-5-4-8-18(19)23)16-21-10-12-22(13-11-21)17-6-2-1-3-7-17/h1-9H,10-16H2. The summed E-state index contributed by atoms with van der Waals surface area (Å²) in [5.74, 6) is 1.20. The molecule has 2 heterocycles. The van der Waals surface area contributed by atoms with Gasteiger partial charge in [-0.2, -0.15) is 0 Å². The Balaban J connectivity index is 1.35. The topological polar surface area (TPSA) is 26.8 Å². The van der Waals surface area contributed by atoms with E-state index in [0.717, 1.165) is 44.2 Å². The highest BCUT2D eigenvalue weighted by molar-refractivity contribution is 7.99. The van der Waals surface area contributed by atoms with Gasteiger partial charge in [-0.25, -0.2) is 0 Å². The van der Waals surface area contributed by atoms with E-state index in [1.54, 1.807) is 0 Å². The number of hydrogen-bond acceptors (Lipinski definition) is 4. The number of fused-ring (bicyclic) bond motifs is 1. The average Bonchev–Trinajstić information content (AvgIpc) is 2.69. The van der Waals surface area contributed by atoms with Crippen LogP contribution in [-0.2, 0) is 4.79 Å². The van der Waals surface area contributed by atoms with Gasteiger partial charge in [0.25, 0.3) is 0 Å². The summed E-state index contributed by atoms with van der Waals surface area (Å²) >= 11 is 1.84. The normalized spacial score (nSPS) is 18.1. The monoisotopic (exact) mass is 353 g/mol. The number of hydrogen-bond donors (Lipinski definition) is 0. The van der Waals surface area contributed by atoms with Gasteiger partial charge in [-0.15, -0.1) is 11.8 Å². The molecule has 0 atom stereocenters. The van der Waals surface area contributed by atoms with Gasteiger partial charge >= 0.3 is 0 Å². The van der Waals surface area contributed by atoms with Crippen LogP contribution in [0.3, 0.4) is 0 Å². The zero-order chi connectivity index (χ0) is 17.1. The Morgan fingerprint density at radius 3 is 2.40 bits per heavy atom. The van der Waals surface area contributed by atoms with E-state index in [4.69, 9.17) is 0 Å². The Morgan fingerprint density at radius 1 is 0.880 bits per heavy atom. The molecule has 2 aliphatic rings.